The van der Waals surface area contributed by atoms with Crippen LogP contribution < -0.4 is 15.4 Å². The van der Waals surface area contributed by atoms with E-state index in [1.165, 1.54) is 0 Å². The molecule has 5 heteroatoms. The van der Waals surface area contributed by atoms with E-state index in [9.17, 15) is 4.79 Å². The summed E-state index contributed by atoms with van der Waals surface area (Å²) in [7, 11) is 1.65. The van der Waals surface area contributed by atoms with E-state index in [1.807, 2.05) is 77.7 Å². The summed E-state index contributed by atoms with van der Waals surface area (Å²) in [5.41, 5.74) is 3.16. The van der Waals surface area contributed by atoms with Crippen molar-refractivity contribution in [2.45, 2.75) is 18.5 Å². The number of anilines is 1. The first kappa shape index (κ1) is 19.8. The molecule has 1 saturated heterocycles. The summed E-state index contributed by atoms with van der Waals surface area (Å²) in [6.45, 7) is 1.42. The first-order chi connectivity index (χ1) is 14.7. The summed E-state index contributed by atoms with van der Waals surface area (Å²) in [6.07, 6.45) is 0.931. The maximum atomic E-state index is 13.1. The van der Waals surface area contributed by atoms with E-state index in [0.717, 1.165) is 35.5 Å². The largest absolute Gasteiger partial charge is 0.497 e. The molecule has 0 radical (unpaired) electrons. The molecule has 0 saturated carbocycles. The summed E-state index contributed by atoms with van der Waals surface area (Å²) in [6, 6.07) is 28.0. The van der Waals surface area contributed by atoms with E-state index in [0.29, 0.717) is 6.54 Å². The summed E-state index contributed by atoms with van der Waals surface area (Å²) < 4.78 is 5.28. The highest BCUT2D eigenvalue weighted by Gasteiger charge is 2.28. The average Bonchev–Trinajstić information content (AvgIpc) is 3.27. The Balaban J connectivity index is 1.45. The fourth-order valence-corrected chi connectivity index (χ4v) is 3.85. The van der Waals surface area contributed by atoms with Crippen LogP contribution in [0.3, 0.4) is 0 Å². The molecule has 0 spiro atoms. The molecular formula is C25H27N3O2. The molecular weight excluding hydrogens is 374 g/mol. The zero-order chi connectivity index (χ0) is 20.8. The van der Waals surface area contributed by atoms with Crippen molar-refractivity contribution in [3.63, 3.8) is 0 Å². The lowest BCUT2D eigenvalue weighted by atomic mass is 9.99. The van der Waals surface area contributed by atoms with Gasteiger partial charge in [0.25, 0.3) is 0 Å². The predicted octanol–water partition coefficient (Wildman–Crippen LogP) is 4.68. The number of hydrogen-bond acceptors (Lipinski definition) is 3. The number of urea groups is 1. The minimum Gasteiger partial charge on any atom is -0.497 e. The zero-order valence-corrected chi connectivity index (χ0v) is 17.1. The number of nitrogens with zero attached hydrogens (tertiary/aromatic N) is 1. The third-order valence-electron chi connectivity index (χ3n) is 5.47. The molecule has 0 aliphatic carbocycles. The van der Waals surface area contributed by atoms with E-state index in [2.05, 4.69) is 22.8 Å². The molecule has 30 heavy (non-hydrogen) atoms. The van der Waals surface area contributed by atoms with Gasteiger partial charge in [-0.3, -0.25) is 0 Å². The molecule has 2 N–H and O–H groups in total. The lowest BCUT2D eigenvalue weighted by molar-refractivity contribution is 0.206. The molecule has 154 valence electrons. The molecule has 1 aliphatic rings. The van der Waals surface area contributed by atoms with Crippen LogP contribution in [0.4, 0.5) is 10.5 Å². The van der Waals surface area contributed by atoms with Crippen LogP contribution in [-0.4, -0.2) is 37.2 Å². The Morgan fingerprint density at radius 1 is 0.933 bits per heavy atom. The van der Waals surface area contributed by atoms with E-state index in [4.69, 9.17) is 4.74 Å². The Labute approximate surface area is 177 Å². The Kier molecular flexibility index (Phi) is 6.18. The van der Waals surface area contributed by atoms with E-state index in [1.54, 1.807) is 7.11 Å². The van der Waals surface area contributed by atoms with Gasteiger partial charge in [-0.1, -0.05) is 60.7 Å². The second kappa shape index (κ2) is 9.35. The molecule has 0 aromatic heterocycles. The van der Waals surface area contributed by atoms with Crippen molar-refractivity contribution in [3.05, 3.63) is 96.1 Å². The second-order valence-electron chi connectivity index (χ2n) is 7.51. The monoisotopic (exact) mass is 401 g/mol. The number of likely N-dealkylation sites (tertiary alicyclic amines) is 1. The third-order valence-corrected chi connectivity index (χ3v) is 5.47. The van der Waals surface area contributed by atoms with Crippen LogP contribution in [0, 0.1) is 0 Å². The molecule has 5 nitrogen and oxygen atoms in total. The molecule has 3 aromatic rings. The molecule has 2 unspecified atom stereocenters. The minimum absolute atomic E-state index is 0.0444. The van der Waals surface area contributed by atoms with Crippen molar-refractivity contribution in [3.8, 4) is 5.75 Å². The molecule has 2 amide bonds. The molecule has 1 heterocycles. The van der Waals surface area contributed by atoms with Crippen molar-refractivity contribution < 1.29 is 9.53 Å². The standard InChI is InChI=1S/C25H27N3O2/c1-30-23-14-12-20(13-15-23)24(19-8-4-2-5-9-19)27-25(29)28-17-16-22(18-28)26-21-10-6-3-7-11-21/h2-15,22,24,26H,16-18H2,1H3,(H,27,29). The third kappa shape index (κ3) is 4.74. The maximum Gasteiger partial charge on any atom is 0.318 e. The van der Waals surface area contributed by atoms with Crippen LogP contribution in [0.1, 0.15) is 23.6 Å². The first-order valence-corrected chi connectivity index (χ1v) is 10.3. The van der Waals surface area contributed by atoms with Crippen molar-refractivity contribution in [1.82, 2.24) is 10.2 Å². The fourth-order valence-electron chi connectivity index (χ4n) is 3.85. The van der Waals surface area contributed by atoms with E-state index in [-0.39, 0.29) is 18.1 Å². The summed E-state index contributed by atoms with van der Waals surface area (Å²) in [5.74, 6) is 0.797. The van der Waals surface area contributed by atoms with Crippen LogP contribution in [0.5, 0.6) is 5.75 Å². The van der Waals surface area contributed by atoms with Gasteiger partial charge in [-0.15, -0.1) is 0 Å². The zero-order valence-electron chi connectivity index (χ0n) is 17.1. The van der Waals surface area contributed by atoms with E-state index >= 15 is 0 Å². The van der Waals surface area contributed by atoms with Gasteiger partial charge in [0.1, 0.15) is 5.75 Å². The Hall–Kier alpha value is -3.47. The van der Waals surface area contributed by atoms with Gasteiger partial charge < -0.3 is 20.3 Å². The summed E-state index contributed by atoms with van der Waals surface area (Å²) in [5, 5.41) is 6.75. The number of hydrogen-bond donors (Lipinski definition) is 2. The lowest BCUT2D eigenvalue weighted by Crippen LogP contribution is -2.41. The van der Waals surface area contributed by atoms with Crippen molar-refractivity contribution in [2.24, 2.45) is 0 Å². The molecule has 4 rings (SSSR count). The van der Waals surface area contributed by atoms with E-state index < -0.39 is 0 Å². The highest BCUT2D eigenvalue weighted by molar-refractivity contribution is 5.76. The van der Waals surface area contributed by atoms with Crippen molar-refractivity contribution in [2.75, 3.05) is 25.5 Å². The quantitative estimate of drug-likeness (QED) is 0.631. The number of para-hydroxylation sites is 1. The van der Waals surface area contributed by atoms with Gasteiger partial charge in [-0.05, 0) is 41.8 Å². The molecule has 1 fully saturated rings. The lowest BCUT2D eigenvalue weighted by Gasteiger charge is -2.24. The number of carbonyl (C=O) groups excluding carboxylic acids is 1. The van der Waals surface area contributed by atoms with Crippen LogP contribution >= 0.6 is 0 Å². The van der Waals surface area contributed by atoms with Crippen molar-refractivity contribution in [1.29, 1.82) is 0 Å². The van der Waals surface area contributed by atoms with Gasteiger partial charge in [0.15, 0.2) is 0 Å². The number of ether oxygens (including phenoxy) is 1. The second-order valence-corrected chi connectivity index (χ2v) is 7.51. The number of methoxy groups -OCH3 is 1. The Morgan fingerprint density at radius 3 is 2.23 bits per heavy atom. The van der Waals surface area contributed by atoms with Gasteiger partial charge in [0.2, 0.25) is 0 Å². The van der Waals surface area contributed by atoms with Gasteiger partial charge in [-0.25, -0.2) is 4.79 Å². The van der Waals surface area contributed by atoms with Crippen LogP contribution in [-0.2, 0) is 0 Å². The molecule has 1 aliphatic heterocycles. The van der Waals surface area contributed by atoms with Gasteiger partial charge in [0.05, 0.1) is 13.2 Å². The summed E-state index contributed by atoms with van der Waals surface area (Å²) in [4.78, 5) is 15.0. The van der Waals surface area contributed by atoms with Gasteiger partial charge in [0, 0.05) is 24.8 Å². The number of benzene rings is 3. The SMILES string of the molecule is COc1ccc(C(NC(=O)N2CCC(Nc3ccccc3)C2)c2ccccc2)cc1. The normalized spacial score (nSPS) is 16.7. The van der Waals surface area contributed by atoms with Crippen LogP contribution in [0.15, 0.2) is 84.9 Å². The Morgan fingerprint density at radius 2 is 1.57 bits per heavy atom. The highest BCUT2D eigenvalue weighted by Crippen LogP contribution is 2.25. The van der Waals surface area contributed by atoms with Crippen LogP contribution in [0.25, 0.3) is 0 Å². The molecule has 2 atom stereocenters. The predicted molar refractivity (Wildman–Crippen MR) is 120 cm³/mol. The highest BCUT2D eigenvalue weighted by atomic mass is 16.5. The summed E-state index contributed by atoms with van der Waals surface area (Å²) >= 11 is 0. The topological polar surface area (TPSA) is 53.6 Å². The van der Waals surface area contributed by atoms with Gasteiger partial charge in [-0.2, -0.15) is 0 Å². The smallest absolute Gasteiger partial charge is 0.318 e. The van der Waals surface area contributed by atoms with Gasteiger partial charge >= 0.3 is 6.03 Å². The average molecular weight is 402 g/mol. The Bertz CT molecular complexity index is 945. The number of carbonyl (C=O) groups is 1. The maximum absolute atomic E-state index is 13.1. The number of nitrogens with one attached hydrogen (secondary N) is 2. The molecule has 3 aromatic carbocycles. The number of amides is 2. The minimum atomic E-state index is -0.217. The number of rotatable bonds is 6. The molecule has 0 bridgehead atoms. The van der Waals surface area contributed by atoms with Crippen LogP contribution in [0.2, 0.25) is 0 Å². The fraction of sp³-hybridized carbons (Fsp3) is 0.240. The van der Waals surface area contributed by atoms with Crippen molar-refractivity contribution >= 4 is 11.7 Å². The first-order valence-electron chi connectivity index (χ1n) is 10.3.